The number of hydrogen-bond donors (Lipinski definition) is 0. The van der Waals surface area contributed by atoms with E-state index in [1.807, 2.05) is 0 Å². The second-order valence-corrected chi connectivity index (χ2v) is 4.03. The standard InChI is InChI=1S/C14H22O2/c1-4-11-16-14(15-3)10-9-12(2)13-7-5-6-8-13/h5-8,14H,4,9-11H2,1-3H3. The van der Waals surface area contributed by atoms with E-state index in [2.05, 4.69) is 38.2 Å². The van der Waals surface area contributed by atoms with Crippen molar-refractivity contribution in [2.24, 2.45) is 0 Å². The molecule has 1 atom stereocenters. The highest BCUT2D eigenvalue weighted by atomic mass is 16.7. The normalized spacial score (nSPS) is 15.8. The predicted octanol–water partition coefficient (Wildman–Crippen LogP) is 3.61. The Morgan fingerprint density at radius 1 is 1.31 bits per heavy atom. The molecule has 0 aromatic heterocycles. The summed E-state index contributed by atoms with van der Waals surface area (Å²) < 4.78 is 10.9. The van der Waals surface area contributed by atoms with Crippen molar-refractivity contribution in [2.75, 3.05) is 13.7 Å². The van der Waals surface area contributed by atoms with E-state index in [1.165, 1.54) is 11.1 Å². The van der Waals surface area contributed by atoms with Gasteiger partial charge < -0.3 is 9.47 Å². The SMILES string of the molecule is CCCOC(CCC(C)=C1C=CC=C1)OC. The van der Waals surface area contributed by atoms with E-state index in [9.17, 15) is 0 Å². The van der Waals surface area contributed by atoms with Crippen molar-refractivity contribution in [1.82, 2.24) is 0 Å². The van der Waals surface area contributed by atoms with Crippen LogP contribution in [0.25, 0.3) is 0 Å². The Morgan fingerprint density at radius 2 is 2.00 bits per heavy atom. The average Bonchev–Trinajstić information content (AvgIpc) is 2.82. The lowest BCUT2D eigenvalue weighted by Crippen LogP contribution is -2.15. The van der Waals surface area contributed by atoms with E-state index in [0.717, 1.165) is 25.9 Å². The third-order valence-electron chi connectivity index (χ3n) is 2.68. The molecule has 0 aromatic rings. The molecule has 1 unspecified atom stereocenters. The van der Waals surface area contributed by atoms with E-state index in [-0.39, 0.29) is 6.29 Å². The molecule has 1 aliphatic rings. The fourth-order valence-electron chi connectivity index (χ4n) is 1.66. The summed E-state index contributed by atoms with van der Waals surface area (Å²) in [5.74, 6) is 0. The molecule has 90 valence electrons. The molecule has 2 nitrogen and oxygen atoms in total. The van der Waals surface area contributed by atoms with Crippen molar-refractivity contribution in [3.8, 4) is 0 Å². The highest BCUT2D eigenvalue weighted by molar-refractivity contribution is 5.42. The fourth-order valence-corrected chi connectivity index (χ4v) is 1.66. The summed E-state index contributed by atoms with van der Waals surface area (Å²) in [4.78, 5) is 0. The van der Waals surface area contributed by atoms with Crippen LogP contribution in [0.1, 0.15) is 33.1 Å². The second kappa shape index (κ2) is 7.42. The van der Waals surface area contributed by atoms with Crippen molar-refractivity contribution in [1.29, 1.82) is 0 Å². The Morgan fingerprint density at radius 3 is 2.56 bits per heavy atom. The molecular formula is C14H22O2. The molecule has 2 heteroatoms. The lowest BCUT2D eigenvalue weighted by atomic mass is 10.1. The van der Waals surface area contributed by atoms with Gasteiger partial charge in [-0.05, 0) is 25.3 Å². The number of hydrogen-bond acceptors (Lipinski definition) is 2. The summed E-state index contributed by atoms with van der Waals surface area (Å²) in [6.45, 7) is 5.05. The van der Waals surface area contributed by atoms with E-state index in [0.29, 0.717) is 0 Å². The average molecular weight is 222 g/mol. The van der Waals surface area contributed by atoms with Crippen molar-refractivity contribution < 1.29 is 9.47 Å². The van der Waals surface area contributed by atoms with Gasteiger partial charge in [-0.3, -0.25) is 0 Å². The van der Waals surface area contributed by atoms with Gasteiger partial charge >= 0.3 is 0 Å². The maximum absolute atomic E-state index is 5.57. The third-order valence-corrected chi connectivity index (χ3v) is 2.68. The Balaban J connectivity index is 2.34. The van der Waals surface area contributed by atoms with Gasteiger partial charge in [-0.1, -0.05) is 36.8 Å². The quantitative estimate of drug-likeness (QED) is 0.613. The Labute approximate surface area is 98.6 Å². The van der Waals surface area contributed by atoms with Gasteiger partial charge in [0.15, 0.2) is 6.29 Å². The van der Waals surface area contributed by atoms with Crippen LogP contribution in [-0.2, 0) is 9.47 Å². The van der Waals surface area contributed by atoms with Crippen LogP contribution in [0.4, 0.5) is 0 Å². The summed E-state index contributed by atoms with van der Waals surface area (Å²) in [6.07, 6.45) is 11.3. The van der Waals surface area contributed by atoms with E-state index >= 15 is 0 Å². The van der Waals surface area contributed by atoms with E-state index in [1.54, 1.807) is 7.11 Å². The first-order chi connectivity index (χ1) is 7.77. The minimum atomic E-state index is -0.0649. The molecule has 0 heterocycles. The molecule has 0 aromatic carbocycles. The summed E-state index contributed by atoms with van der Waals surface area (Å²) in [5.41, 5.74) is 2.72. The van der Waals surface area contributed by atoms with Gasteiger partial charge in [0.1, 0.15) is 0 Å². The molecule has 1 aliphatic carbocycles. The molecule has 0 radical (unpaired) electrons. The monoisotopic (exact) mass is 222 g/mol. The van der Waals surface area contributed by atoms with Crippen LogP contribution in [0.3, 0.4) is 0 Å². The first kappa shape index (κ1) is 13.2. The summed E-state index contributed by atoms with van der Waals surface area (Å²) in [7, 11) is 1.71. The smallest absolute Gasteiger partial charge is 0.157 e. The van der Waals surface area contributed by atoms with Crippen molar-refractivity contribution in [3.05, 3.63) is 35.5 Å². The zero-order valence-electron chi connectivity index (χ0n) is 10.5. The minimum Gasteiger partial charge on any atom is -0.356 e. The molecule has 0 bridgehead atoms. The first-order valence-corrected chi connectivity index (χ1v) is 5.96. The Bertz CT molecular complexity index is 273. The van der Waals surface area contributed by atoms with E-state index < -0.39 is 0 Å². The van der Waals surface area contributed by atoms with Crippen molar-refractivity contribution >= 4 is 0 Å². The van der Waals surface area contributed by atoms with Gasteiger partial charge in [0.2, 0.25) is 0 Å². The fraction of sp³-hybridized carbons (Fsp3) is 0.571. The van der Waals surface area contributed by atoms with Gasteiger partial charge in [0.05, 0.1) is 0 Å². The van der Waals surface area contributed by atoms with Crippen LogP contribution < -0.4 is 0 Å². The summed E-state index contributed by atoms with van der Waals surface area (Å²) >= 11 is 0. The zero-order valence-corrected chi connectivity index (χ0v) is 10.5. The van der Waals surface area contributed by atoms with E-state index in [4.69, 9.17) is 9.47 Å². The second-order valence-electron chi connectivity index (χ2n) is 4.03. The highest BCUT2D eigenvalue weighted by Crippen LogP contribution is 2.18. The largest absolute Gasteiger partial charge is 0.356 e. The van der Waals surface area contributed by atoms with Crippen LogP contribution in [0.5, 0.6) is 0 Å². The summed E-state index contributed by atoms with van der Waals surface area (Å²) in [6, 6.07) is 0. The molecule has 0 fully saturated rings. The van der Waals surface area contributed by atoms with Crippen LogP contribution in [0.15, 0.2) is 35.5 Å². The molecule has 0 saturated heterocycles. The molecule has 1 rings (SSSR count). The number of methoxy groups -OCH3 is 1. The first-order valence-electron chi connectivity index (χ1n) is 5.96. The van der Waals surface area contributed by atoms with Gasteiger partial charge in [0.25, 0.3) is 0 Å². The van der Waals surface area contributed by atoms with Crippen molar-refractivity contribution in [2.45, 2.75) is 39.4 Å². The van der Waals surface area contributed by atoms with Crippen LogP contribution >= 0.6 is 0 Å². The third kappa shape index (κ3) is 4.33. The van der Waals surface area contributed by atoms with Gasteiger partial charge in [-0.2, -0.15) is 0 Å². The number of rotatable bonds is 7. The lowest BCUT2D eigenvalue weighted by Gasteiger charge is -2.16. The van der Waals surface area contributed by atoms with Crippen LogP contribution in [-0.4, -0.2) is 20.0 Å². The Kier molecular flexibility index (Phi) is 6.12. The minimum absolute atomic E-state index is 0.0649. The predicted molar refractivity (Wildman–Crippen MR) is 67.3 cm³/mol. The van der Waals surface area contributed by atoms with Gasteiger partial charge in [-0.25, -0.2) is 0 Å². The van der Waals surface area contributed by atoms with Crippen molar-refractivity contribution in [3.63, 3.8) is 0 Å². The zero-order chi connectivity index (χ0) is 11.8. The molecule has 16 heavy (non-hydrogen) atoms. The van der Waals surface area contributed by atoms with Gasteiger partial charge in [0, 0.05) is 20.1 Å². The van der Waals surface area contributed by atoms with Crippen LogP contribution in [0, 0.1) is 0 Å². The Hall–Kier alpha value is -0.860. The topological polar surface area (TPSA) is 18.5 Å². The molecule has 0 saturated carbocycles. The maximum Gasteiger partial charge on any atom is 0.157 e. The molecule has 0 amide bonds. The van der Waals surface area contributed by atoms with Gasteiger partial charge in [-0.15, -0.1) is 0 Å². The number of allylic oxidation sites excluding steroid dienone is 6. The molecular weight excluding hydrogens is 200 g/mol. The molecule has 0 spiro atoms. The number of ether oxygens (including phenoxy) is 2. The van der Waals surface area contributed by atoms with Crippen LogP contribution in [0.2, 0.25) is 0 Å². The summed E-state index contributed by atoms with van der Waals surface area (Å²) in [5, 5.41) is 0. The maximum atomic E-state index is 5.57. The highest BCUT2D eigenvalue weighted by Gasteiger charge is 2.08. The molecule has 0 N–H and O–H groups in total. The lowest BCUT2D eigenvalue weighted by molar-refractivity contribution is -0.126. The molecule has 0 aliphatic heterocycles.